The minimum Gasteiger partial charge on any atom is -0.381 e. The van der Waals surface area contributed by atoms with Crippen molar-refractivity contribution in [1.29, 1.82) is 0 Å². The van der Waals surface area contributed by atoms with Crippen molar-refractivity contribution >= 4 is 12.2 Å². The van der Waals surface area contributed by atoms with Crippen molar-refractivity contribution < 1.29 is 28.5 Å². The molecule has 0 aliphatic heterocycles. The molecule has 0 saturated heterocycles. The Bertz CT molecular complexity index is 511. The standard InChI is InChI=1S/C21H38N2O6/c1-19(29-20(2,3)8-13-26-11-6-9-22-17-24)16-21(4,5)28-15-14-27-12-7-10-23-18-25/h19H,6-16H2,1-5H3. The van der Waals surface area contributed by atoms with E-state index >= 15 is 0 Å². The molecule has 0 amide bonds. The van der Waals surface area contributed by atoms with Crippen LogP contribution in [-0.4, -0.2) is 75.6 Å². The SMILES string of the molecule is CC(CC(C)(C)OCCOCCCN=C=O)OC(C)(C)CCOCCCN=C=O. The lowest BCUT2D eigenvalue weighted by molar-refractivity contribution is -0.120. The summed E-state index contributed by atoms with van der Waals surface area (Å²) < 4.78 is 23.2. The van der Waals surface area contributed by atoms with E-state index in [0.29, 0.717) is 52.5 Å². The van der Waals surface area contributed by atoms with Gasteiger partial charge in [-0.15, -0.1) is 0 Å². The molecule has 0 aromatic carbocycles. The van der Waals surface area contributed by atoms with Crippen molar-refractivity contribution in [2.75, 3.05) is 46.1 Å². The highest BCUT2D eigenvalue weighted by molar-refractivity contribution is 5.32. The minimum absolute atomic E-state index is 0.0315. The molecule has 0 bridgehead atoms. The zero-order chi connectivity index (χ0) is 22.0. The Morgan fingerprint density at radius 2 is 1.34 bits per heavy atom. The fourth-order valence-electron chi connectivity index (χ4n) is 2.88. The Kier molecular flexibility index (Phi) is 15.6. The van der Waals surface area contributed by atoms with Gasteiger partial charge in [-0.05, 0) is 53.9 Å². The monoisotopic (exact) mass is 414 g/mol. The summed E-state index contributed by atoms with van der Waals surface area (Å²) in [6.07, 6.45) is 6.01. The van der Waals surface area contributed by atoms with Crippen LogP contribution in [0.3, 0.4) is 0 Å². The molecule has 0 aliphatic rings. The van der Waals surface area contributed by atoms with E-state index in [1.165, 1.54) is 12.2 Å². The molecular formula is C21H38N2O6. The lowest BCUT2D eigenvalue weighted by Gasteiger charge is -2.34. The zero-order valence-corrected chi connectivity index (χ0v) is 18.7. The molecule has 0 aromatic rings. The van der Waals surface area contributed by atoms with Gasteiger partial charge in [0.05, 0.1) is 43.6 Å². The van der Waals surface area contributed by atoms with Crippen LogP contribution < -0.4 is 0 Å². The minimum atomic E-state index is -0.323. The van der Waals surface area contributed by atoms with Crippen molar-refractivity contribution in [1.82, 2.24) is 0 Å². The third-order valence-corrected chi connectivity index (χ3v) is 4.11. The number of hydrogen-bond donors (Lipinski definition) is 0. The molecule has 0 spiro atoms. The molecule has 0 heterocycles. The summed E-state index contributed by atoms with van der Waals surface area (Å²) in [6, 6.07) is 0. The highest BCUT2D eigenvalue weighted by atomic mass is 16.5. The van der Waals surface area contributed by atoms with Crippen molar-refractivity contribution in [3.05, 3.63) is 0 Å². The van der Waals surface area contributed by atoms with E-state index in [0.717, 1.165) is 19.3 Å². The third-order valence-electron chi connectivity index (χ3n) is 4.11. The fourth-order valence-corrected chi connectivity index (χ4v) is 2.88. The van der Waals surface area contributed by atoms with Gasteiger partial charge in [-0.25, -0.2) is 19.6 Å². The van der Waals surface area contributed by atoms with Gasteiger partial charge in [0.2, 0.25) is 12.2 Å². The molecule has 1 unspecified atom stereocenters. The van der Waals surface area contributed by atoms with Crippen LogP contribution in [0.1, 0.15) is 60.3 Å². The molecule has 0 N–H and O–H groups in total. The molecule has 8 nitrogen and oxygen atoms in total. The smallest absolute Gasteiger partial charge is 0.234 e. The van der Waals surface area contributed by atoms with Gasteiger partial charge in [0, 0.05) is 26.2 Å². The second kappa shape index (κ2) is 16.4. The zero-order valence-electron chi connectivity index (χ0n) is 18.7. The van der Waals surface area contributed by atoms with Crippen LogP contribution in [0.4, 0.5) is 0 Å². The molecule has 168 valence electrons. The van der Waals surface area contributed by atoms with E-state index in [1.807, 2.05) is 13.8 Å². The van der Waals surface area contributed by atoms with E-state index in [9.17, 15) is 9.59 Å². The van der Waals surface area contributed by atoms with Crippen molar-refractivity contribution in [3.63, 3.8) is 0 Å². The number of nitrogens with zero attached hydrogens (tertiary/aromatic N) is 2. The quantitative estimate of drug-likeness (QED) is 0.183. The van der Waals surface area contributed by atoms with Crippen LogP contribution in [0.15, 0.2) is 9.98 Å². The topological polar surface area (TPSA) is 95.8 Å². The van der Waals surface area contributed by atoms with Gasteiger partial charge >= 0.3 is 0 Å². The summed E-state index contributed by atoms with van der Waals surface area (Å²) in [5.41, 5.74) is -0.625. The van der Waals surface area contributed by atoms with Crippen LogP contribution >= 0.6 is 0 Å². The number of ether oxygens (including phenoxy) is 4. The molecule has 8 heteroatoms. The lowest BCUT2D eigenvalue weighted by atomic mass is 9.99. The number of carbonyl (C=O) groups excluding carboxylic acids is 2. The van der Waals surface area contributed by atoms with Gasteiger partial charge in [0.15, 0.2) is 0 Å². The van der Waals surface area contributed by atoms with Gasteiger partial charge in [-0.3, -0.25) is 0 Å². The van der Waals surface area contributed by atoms with E-state index in [-0.39, 0.29) is 17.3 Å². The molecule has 0 aromatic heterocycles. The maximum absolute atomic E-state index is 9.98. The number of hydrogen-bond acceptors (Lipinski definition) is 8. The molecule has 0 saturated carbocycles. The summed E-state index contributed by atoms with van der Waals surface area (Å²) in [7, 11) is 0. The lowest BCUT2D eigenvalue weighted by Crippen LogP contribution is -2.36. The summed E-state index contributed by atoms with van der Waals surface area (Å²) in [4.78, 5) is 26.9. The first kappa shape index (κ1) is 27.6. The maximum atomic E-state index is 9.98. The number of isocyanates is 2. The molecule has 0 rings (SSSR count). The predicted octanol–water partition coefficient (Wildman–Crippen LogP) is 3.23. The first-order chi connectivity index (χ1) is 13.7. The Balaban J connectivity index is 3.94. The molecule has 29 heavy (non-hydrogen) atoms. The number of aliphatic imine (C=N–C) groups is 2. The highest BCUT2D eigenvalue weighted by Gasteiger charge is 2.27. The van der Waals surface area contributed by atoms with Crippen molar-refractivity contribution in [2.45, 2.75) is 77.6 Å². The first-order valence-electron chi connectivity index (χ1n) is 10.3. The van der Waals surface area contributed by atoms with Gasteiger partial charge < -0.3 is 18.9 Å². The van der Waals surface area contributed by atoms with Crippen LogP contribution in [0.2, 0.25) is 0 Å². The molecule has 0 fully saturated rings. The van der Waals surface area contributed by atoms with Crippen LogP contribution in [0.5, 0.6) is 0 Å². The van der Waals surface area contributed by atoms with Crippen LogP contribution in [0, 0.1) is 0 Å². The van der Waals surface area contributed by atoms with E-state index in [4.69, 9.17) is 18.9 Å². The summed E-state index contributed by atoms with van der Waals surface area (Å²) in [5.74, 6) is 0. The van der Waals surface area contributed by atoms with Gasteiger partial charge in [-0.1, -0.05) is 0 Å². The Morgan fingerprint density at radius 1 is 0.793 bits per heavy atom. The summed E-state index contributed by atoms with van der Waals surface area (Å²) in [6.45, 7) is 13.9. The van der Waals surface area contributed by atoms with Crippen LogP contribution in [0.25, 0.3) is 0 Å². The third kappa shape index (κ3) is 18.4. The van der Waals surface area contributed by atoms with E-state index in [1.54, 1.807) is 0 Å². The maximum Gasteiger partial charge on any atom is 0.234 e. The van der Waals surface area contributed by atoms with Gasteiger partial charge in [-0.2, -0.15) is 0 Å². The normalized spacial score (nSPS) is 12.9. The molecule has 0 aliphatic carbocycles. The predicted molar refractivity (Wildman–Crippen MR) is 111 cm³/mol. The number of rotatable bonds is 19. The average molecular weight is 415 g/mol. The van der Waals surface area contributed by atoms with Gasteiger partial charge in [0.25, 0.3) is 0 Å². The molecular weight excluding hydrogens is 376 g/mol. The first-order valence-corrected chi connectivity index (χ1v) is 10.3. The fraction of sp³-hybridized carbons (Fsp3) is 0.905. The average Bonchev–Trinajstić information content (AvgIpc) is 2.62. The van der Waals surface area contributed by atoms with Gasteiger partial charge in [0.1, 0.15) is 0 Å². The van der Waals surface area contributed by atoms with E-state index in [2.05, 4.69) is 30.8 Å². The van der Waals surface area contributed by atoms with Crippen molar-refractivity contribution in [3.8, 4) is 0 Å². The van der Waals surface area contributed by atoms with Crippen molar-refractivity contribution in [2.24, 2.45) is 9.98 Å². The van der Waals surface area contributed by atoms with E-state index < -0.39 is 0 Å². The van der Waals surface area contributed by atoms with Crippen LogP contribution in [-0.2, 0) is 28.5 Å². The summed E-state index contributed by atoms with van der Waals surface area (Å²) in [5, 5.41) is 0. The largest absolute Gasteiger partial charge is 0.381 e. The Hall–Kier alpha value is -1.40. The molecule has 1 atom stereocenters. The molecule has 0 radical (unpaired) electrons. The Morgan fingerprint density at radius 3 is 1.90 bits per heavy atom. The second-order valence-electron chi connectivity index (χ2n) is 8.13. The Labute approximate surface area is 175 Å². The second-order valence-corrected chi connectivity index (χ2v) is 8.13. The summed E-state index contributed by atoms with van der Waals surface area (Å²) >= 11 is 0. The highest BCUT2D eigenvalue weighted by Crippen LogP contribution is 2.24.